The number of ether oxygens (including phenoxy) is 1. The lowest BCUT2D eigenvalue weighted by molar-refractivity contribution is 0.0375. The van der Waals surface area contributed by atoms with Crippen LogP contribution in [0.3, 0.4) is 0 Å². The van der Waals surface area contributed by atoms with Crippen molar-refractivity contribution in [2.75, 3.05) is 32.8 Å². The van der Waals surface area contributed by atoms with Gasteiger partial charge in [0.25, 0.3) is 0 Å². The minimum atomic E-state index is -0.165. The first kappa shape index (κ1) is 12.6. The highest BCUT2D eigenvalue weighted by Crippen LogP contribution is 2.20. The molecule has 1 saturated heterocycles. The number of aromatic amines is 1. The van der Waals surface area contributed by atoms with Gasteiger partial charge in [-0.3, -0.25) is 4.90 Å². The quantitative estimate of drug-likeness (QED) is 0.917. The van der Waals surface area contributed by atoms with E-state index in [1.54, 1.807) is 12.1 Å². The van der Waals surface area contributed by atoms with Crippen molar-refractivity contribution < 1.29 is 9.13 Å². The van der Waals surface area contributed by atoms with E-state index in [1.165, 1.54) is 11.6 Å². The molecule has 1 aromatic carbocycles. The van der Waals surface area contributed by atoms with Gasteiger partial charge in [-0.15, -0.1) is 0 Å². The number of aryl methyl sites for hydroxylation is 1. The van der Waals surface area contributed by atoms with Crippen LogP contribution < -0.4 is 0 Å². The third kappa shape index (κ3) is 2.96. The Bertz CT molecular complexity index is 546. The van der Waals surface area contributed by atoms with E-state index in [0.717, 1.165) is 56.6 Å². The molecule has 1 aliphatic heterocycles. The maximum Gasteiger partial charge on any atom is 0.123 e. The molecule has 2 aromatic rings. The number of nitrogens with one attached hydrogen (secondary N) is 1. The number of hydrogen-bond donors (Lipinski definition) is 1. The van der Waals surface area contributed by atoms with Crippen molar-refractivity contribution >= 4 is 10.9 Å². The van der Waals surface area contributed by atoms with Crippen LogP contribution in [-0.4, -0.2) is 42.7 Å². The Morgan fingerprint density at radius 3 is 2.95 bits per heavy atom. The van der Waals surface area contributed by atoms with Crippen molar-refractivity contribution in [2.45, 2.75) is 12.8 Å². The van der Waals surface area contributed by atoms with Gasteiger partial charge in [0.05, 0.1) is 13.2 Å². The van der Waals surface area contributed by atoms with Gasteiger partial charge in [0, 0.05) is 30.2 Å². The Kier molecular flexibility index (Phi) is 3.80. The maximum absolute atomic E-state index is 13.3. The van der Waals surface area contributed by atoms with Gasteiger partial charge in [0.15, 0.2) is 0 Å². The van der Waals surface area contributed by atoms with E-state index in [1.807, 2.05) is 6.20 Å². The van der Waals surface area contributed by atoms with Crippen LogP contribution in [-0.2, 0) is 11.2 Å². The van der Waals surface area contributed by atoms with Gasteiger partial charge in [-0.1, -0.05) is 0 Å². The summed E-state index contributed by atoms with van der Waals surface area (Å²) < 4.78 is 18.6. The van der Waals surface area contributed by atoms with E-state index in [4.69, 9.17) is 4.74 Å². The topological polar surface area (TPSA) is 28.3 Å². The van der Waals surface area contributed by atoms with Gasteiger partial charge in [-0.2, -0.15) is 0 Å². The van der Waals surface area contributed by atoms with Gasteiger partial charge in [0.2, 0.25) is 0 Å². The molecule has 1 fully saturated rings. The van der Waals surface area contributed by atoms with Gasteiger partial charge in [-0.05, 0) is 43.1 Å². The predicted octanol–water partition coefficient (Wildman–Crippen LogP) is 2.57. The minimum Gasteiger partial charge on any atom is -0.379 e. The summed E-state index contributed by atoms with van der Waals surface area (Å²) in [5.74, 6) is -0.165. The van der Waals surface area contributed by atoms with Crippen LogP contribution in [0.4, 0.5) is 4.39 Å². The monoisotopic (exact) mass is 262 g/mol. The largest absolute Gasteiger partial charge is 0.379 e. The first-order valence-corrected chi connectivity index (χ1v) is 6.88. The van der Waals surface area contributed by atoms with Gasteiger partial charge >= 0.3 is 0 Å². The number of rotatable bonds is 4. The van der Waals surface area contributed by atoms with Crippen LogP contribution in [0.15, 0.2) is 24.4 Å². The standard InChI is InChI=1S/C15H19FN2O/c16-13-3-4-15-14(10-13)12(11-17-15)2-1-5-18-6-8-19-9-7-18/h3-4,10-11,17H,1-2,5-9H2. The highest BCUT2D eigenvalue weighted by atomic mass is 19.1. The molecule has 1 aromatic heterocycles. The number of H-pyrrole nitrogens is 1. The summed E-state index contributed by atoms with van der Waals surface area (Å²) in [7, 11) is 0. The average Bonchev–Trinajstić information content (AvgIpc) is 2.83. The van der Waals surface area contributed by atoms with Crippen LogP contribution in [0, 0.1) is 5.82 Å². The molecule has 3 nitrogen and oxygen atoms in total. The lowest BCUT2D eigenvalue weighted by Crippen LogP contribution is -2.36. The molecule has 2 heterocycles. The average molecular weight is 262 g/mol. The third-order valence-corrected chi connectivity index (χ3v) is 3.75. The molecule has 4 heteroatoms. The van der Waals surface area contributed by atoms with E-state index in [2.05, 4.69) is 9.88 Å². The molecule has 0 spiro atoms. The van der Waals surface area contributed by atoms with E-state index in [9.17, 15) is 4.39 Å². The molecule has 0 bridgehead atoms. The van der Waals surface area contributed by atoms with Crippen molar-refractivity contribution in [3.8, 4) is 0 Å². The number of halogens is 1. The Hall–Kier alpha value is -1.39. The van der Waals surface area contributed by atoms with Crippen LogP contribution in [0.5, 0.6) is 0 Å². The summed E-state index contributed by atoms with van der Waals surface area (Å²) >= 11 is 0. The smallest absolute Gasteiger partial charge is 0.123 e. The second kappa shape index (κ2) is 5.72. The molecule has 0 saturated carbocycles. The number of fused-ring (bicyclic) bond motifs is 1. The minimum absolute atomic E-state index is 0.165. The first-order chi connectivity index (χ1) is 9.33. The van der Waals surface area contributed by atoms with Gasteiger partial charge in [-0.25, -0.2) is 4.39 Å². The van der Waals surface area contributed by atoms with E-state index in [0.29, 0.717) is 0 Å². The van der Waals surface area contributed by atoms with Crippen LogP contribution >= 0.6 is 0 Å². The summed E-state index contributed by atoms with van der Waals surface area (Å²) in [4.78, 5) is 5.63. The number of aromatic nitrogens is 1. The Morgan fingerprint density at radius 2 is 2.11 bits per heavy atom. The lowest BCUT2D eigenvalue weighted by Gasteiger charge is -2.26. The number of nitrogens with zero attached hydrogens (tertiary/aromatic N) is 1. The van der Waals surface area contributed by atoms with Crippen molar-refractivity contribution in [3.63, 3.8) is 0 Å². The number of morpholine rings is 1. The molecule has 1 N–H and O–H groups in total. The molecule has 0 amide bonds. The van der Waals surface area contributed by atoms with Gasteiger partial charge in [0.1, 0.15) is 5.82 Å². The van der Waals surface area contributed by atoms with E-state index in [-0.39, 0.29) is 5.82 Å². The highest BCUT2D eigenvalue weighted by Gasteiger charge is 2.10. The summed E-state index contributed by atoms with van der Waals surface area (Å²) in [6, 6.07) is 4.92. The zero-order valence-electron chi connectivity index (χ0n) is 11.0. The SMILES string of the molecule is Fc1ccc2[nH]cc(CCCN3CCOCC3)c2c1. The fourth-order valence-corrected chi connectivity index (χ4v) is 2.68. The number of benzene rings is 1. The van der Waals surface area contributed by atoms with Crippen LogP contribution in [0.25, 0.3) is 10.9 Å². The zero-order chi connectivity index (χ0) is 13.1. The highest BCUT2D eigenvalue weighted by molar-refractivity contribution is 5.83. The van der Waals surface area contributed by atoms with Crippen LogP contribution in [0.1, 0.15) is 12.0 Å². The third-order valence-electron chi connectivity index (χ3n) is 3.75. The molecular formula is C15H19FN2O. The van der Waals surface area contributed by atoms with Gasteiger partial charge < -0.3 is 9.72 Å². The second-order valence-electron chi connectivity index (χ2n) is 5.06. The van der Waals surface area contributed by atoms with Crippen LogP contribution in [0.2, 0.25) is 0 Å². The maximum atomic E-state index is 13.3. The summed E-state index contributed by atoms with van der Waals surface area (Å²) in [5, 5.41) is 1.02. The molecular weight excluding hydrogens is 243 g/mol. The van der Waals surface area contributed by atoms with Crippen molar-refractivity contribution in [3.05, 3.63) is 35.8 Å². The van der Waals surface area contributed by atoms with E-state index < -0.39 is 0 Å². The molecule has 1 aliphatic rings. The predicted molar refractivity (Wildman–Crippen MR) is 73.8 cm³/mol. The zero-order valence-corrected chi connectivity index (χ0v) is 11.0. The van der Waals surface area contributed by atoms with Crippen molar-refractivity contribution in [2.24, 2.45) is 0 Å². The molecule has 0 unspecified atom stereocenters. The normalized spacial score (nSPS) is 17.1. The van der Waals surface area contributed by atoms with Crippen molar-refractivity contribution in [1.82, 2.24) is 9.88 Å². The fraction of sp³-hybridized carbons (Fsp3) is 0.467. The molecule has 0 radical (unpaired) electrons. The molecule has 0 atom stereocenters. The first-order valence-electron chi connectivity index (χ1n) is 6.88. The fourth-order valence-electron chi connectivity index (χ4n) is 2.68. The summed E-state index contributed by atoms with van der Waals surface area (Å²) in [6.45, 7) is 4.84. The Labute approximate surface area is 112 Å². The lowest BCUT2D eigenvalue weighted by atomic mass is 10.1. The Balaban J connectivity index is 1.60. The molecule has 102 valence electrons. The molecule has 0 aliphatic carbocycles. The summed E-state index contributed by atoms with van der Waals surface area (Å²) in [6.07, 6.45) is 4.09. The molecule has 19 heavy (non-hydrogen) atoms. The summed E-state index contributed by atoms with van der Waals surface area (Å²) in [5.41, 5.74) is 2.23. The second-order valence-corrected chi connectivity index (χ2v) is 5.06. The van der Waals surface area contributed by atoms with Crippen molar-refractivity contribution in [1.29, 1.82) is 0 Å². The number of hydrogen-bond acceptors (Lipinski definition) is 2. The molecule has 3 rings (SSSR count). The van der Waals surface area contributed by atoms with E-state index >= 15 is 0 Å². The Morgan fingerprint density at radius 1 is 1.26 bits per heavy atom.